The Balaban J connectivity index is 2.32. The summed E-state index contributed by atoms with van der Waals surface area (Å²) < 4.78 is 7.12. The largest absolute Gasteiger partial charge is 0.496 e. The quantitative estimate of drug-likeness (QED) is 0.653. The van der Waals surface area contributed by atoms with Gasteiger partial charge in [-0.3, -0.25) is 19.4 Å². The number of H-pyrrole nitrogens is 1. The second-order valence-corrected chi connectivity index (χ2v) is 5.43. The summed E-state index contributed by atoms with van der Waals surface area (Å²) in [4.78, 5) is 25.8. The van der Waals surface area contributed by atoms with Crippen molar-refractivity contribution in [2.45, 2.75) is 0 Å². The zero-order chi connectivity index (χ0) is 16.3. The van der Waals surface area contributed by atoms with Crippen molar-refractivity contribution in [1.82, 2.24) is 9.55 Å². The smallest absolute Gasteiger partial charge is 0.329 e. The van der Waals surface area contributed by atoms with E-state index in [0.29, 0.717) is 11.6 Å². The van der Waals surface area contributed by atoms with Gasteiger partial charge in [0.2, 0.25) is 0 Å². The summed E-state index contributed by atoms with van der Waals surface area (Å²) in [5.74, 6) is 0.969. The number of aromatic nitrogens is 2. The number of methoxy groups -OCH3 is 1. The van der Waals surface area contributed by atoms with E-state index < -0.39 is 11.2 Å². The van der Waals surface area contributed by atoms with Crippen LogP contribution in [0.15, 0.2) is 43.4 Å². The summed E-state index contributed by atoms with van der Waals surface area (Å²) in [5.41, 5.74) is -0.139. The third kappa shape index (κ3) is 3.45. The summed E-state index contributed by atoms with van der Waals surface area (Å²) in [6.45, 7) is 0. The molecule has 1 N–H and O–H groups in total. The van der Waals surface area contributed by atoms with Crippen molar-refractivity contribution in [2.24, 2.45) is 12.1 Å². The van der Waals surface area contributed by atoms with E-state index in [9.17, 15) is 9.59 Å². The molecule has 0 fully saturated rings. The number of halogens is 1. The first kappa shape index (κ1) is 16.0. The minimum absolute atomic E-state index is 0.304. The molecule has 116 valence electrons. The molecule has 0 aliphatic carbocycles. The normalized spacial score (nSPS) is 10.9. The van der Waals surface area contributed by atoms with Crippen molar-refractivity contribution in [3.05, 3.63) is 55.1 Å². The predicted molar refractivity (Wildman–Crippen MR) is 89.0 cm³/mol. The molecule has 22 heavy (non-hydrogen) atoms. The average Bonchev–Trinajstić information content (AvgIpc) is 2.49. The van der Waals surface area contributed by atoms with Crippen molar-refractivity contribution in [2.75, 3.05) is 19.2 Å². The fraction of sp³-hybridized carbons (Fsp3) is 0.214. The monoisotopic (exact) mass is 366 g/mol. The number of hydrogen-bond donors (Lipinski definition) is 1. The number of anilines is 1. The molecule has 0 radical (unpaired) electrons. The fourth-order valence-corrected chi connectivity index (χ4v) is 2.11. The molecule has 0 unspecified atom stereocenters. The number of ether oxygens (including phenoxy) is 1. The molecule has 0 atom stereocenters. The number of hydrazone groups is 1. The molecule has 0 amide bonds. The van der Waals surface area contributed by atoms with Crippen LogP contribution in [0.4, 0.5) is 5.82 Å². The first-order valence-electron chi connectivity index (χ1n) is 6.34. The Labute approximate surface area is 135 Å². The number of nitrogens with zero attached hydrogens (tertiary/aromatic N) is 3. The SMILES string of the molecule is COc1ccc(Br)cc1C=NN(C)c1cc(=O)n(C)c(=O)[nH]1. The van der Waals surface area contributed by atoms with Gasteiger partial charge in [0, 0.05) is 30.2 Å². The van der Waals surface area contributed by atoms with E-state index in [-0.39, 0.29) is 0 Å². The maximum Gasteiger partial charge on any atom is 0.329 e. The van der Waals surface area contributed by atoms with Crippen LogP contribution in [0.3, 0.4) is 0 Å². The Morgan fingerprint density at radius 2 is 2.09 bits per heavy atom. The maximum atomic E-state index is 11.6. The van der Waals surface area contributed by atoms with Crippen LogP contribution >= 0.6 is 15.9 Å². The molecule has 1 heterocycles. The minimum atomic E-state index is -0.496. The molecule has 8 heteroatoms. The second kappa shape index (κ2) is 6.61. The predicted octanol–water partition coefficient (Wildman–Crippen LogP) is 1.31. The zero-order valence-electron chi connectivity index (χ0n) is 12.3. The van der Waals surface area contributed by atoms with Gasteiger partial charge in [0.25, 0.3) is 5.56 Å². The van der Waals surface area contributed by atoms with Crippen LogP contribution in [0, 0.1) is 0 Å². The number of rotatable bonds is 4. The molecule has 0 bridgehead atoms. The lowest BCUT2D eigenvalue weighted by Crippen LogP contribution is -2.33. The van der Waals surface area contributed by atoms with Crippen LogP contribution in [0.2, 0.25) is 0 Å². The van der Waals surface area contributed by atoms with Gasteiger partial charge >= 0.3 is 5.69 Å². The molecule has 2 aromatic rings. The molecular weight excluding hydrogens is 352 g/mol. The topological polar surface area (TPSA) is 79.7 Å². The number of nitrogens with one attached hydrogen (secondary N) is 1. The maximum absolute atomic E-state index is 11.6. The van der Waals surface area contributed by atoms with E-state index in [2.05, 4.69) is 26.0 Å². The van der Waals surface area contributed by atoms with E-state index in [0.717, 1.165) is 14.6 Å². The van der Waals surface area contributed by atoms with Gasteiger partial charge in [-0.1, -0.05) is 15.9 Å². The van der Waals surface area contributed by atoms with Gasteiger partial charge in [0.15, 0.2) is 0 Å². The van der Waals surface area contributed by atoms with Crippen LogP contribution in [0.25, 0.3) is 0 Å². The van der Waals surface area contributed by atoms with Crippen molar-refractivity contribution >= 4 is 28.0 Å². The standard InChI is InChI=1S/C14H15BrN4O3/c1-18-13(20)7-12(17-14(18)21)19(2)16-8-9-6-10(15)4-5-11(9)22-3/h4-8H,1-3H3,(H,17,21). The van der Waals surface area contributed by atoms with Crippen LogP contribution in [0.5, 0.6) is 5.75 Å². The highest BCUT2D eigenvalue weighted by Crippen LogP contribution is 2.21. The Morgan fingerprint density at radius 3 is 2.73 bits per heavy atom. The molecule has 0 saturated carbocycles. The lowest BCUT2D eigenvalue weighted by atomic mass is 10.2. The van der Waals surface area contributed by atoms with E-state index >= 15 is 0 Å². The van der Waals surface area contributed by atoms with Gasteiger partial charge in [0.05, 0.1) is 13.3 Å². The van der Waals surface area contributed by atoms with E-state index in [4.69, 9.17) is 4.74 Å². The Hall–Kier alpha value is -2.35. The summed E-state index contributed by atoms with van der Waals surface area (Å²) >= 11 is 3.38. The number of benzene rings is 1. The van der Waals surface area contributed by atoms with Crippen LogP contribution in [0.1, 0.15) is 5.56 Å². The van der Waals surface area contributed by atoms with Crippen LogP contribution in [-0.4, -0.2) is 29.9 Å². The van der Waals surface area contributed by atoms with Gasteiger partial charge in [-0.05, 0) is 18.2 Å². The number of aromatic amines is 1. The van der Waals surface area contributed by atoms with E-state index in [1.165, 1.54) is 18.1 Å². The van der Waals surface area contributed by atoms with Gasteiger partial charge in [-0.25, -0.2) is 4.79 Å². The molecule has 0 aliphatic rings. The highest BCUT2D eigenvalue weighted by atomic mass is 79.9. The summed E-state index contributed by atoms with van der Waals surface area (Å²) in [6.07, 6.45) is 1.58. The molecular formula is C14H15BrN4O3. The van der Waals surface area contributed by atoms with E-state index in [1.54, 1.807) is 20.4 Å². The van der Waals surface area contributed by atoms with Crippen molar-refractivity contribution in [3.63, 3.8) is 0 Å². The zero-order valence-corrected chi connectivity index (χ0v) is 13.9. The lowest BCUT2D eigenvalue weighted by Gasteiger charge is -2.12. The molecule has 1 aromatic carbocycles. The number of hydrogen-bond acceptors (Lipinski definition) is 5. The van der Waals surface area contributed by atoms with Crippen LogP contribution in [-0.2, 0) is 7.05 Å². The van der Waals surface area contributed by atoms with E-state index in [1.807, 2.05) is 18.2 Å². The Kier molecular flexibility index (Phi) is 4.81. The fourth-order valence-electron chi connectivity index (χ4n) is 1.73. The Morgan fingerprint density at radius 1 is 1.36 bits per heavy atom. The van der Waals surface area contributed by atoms with Crippen molar-refractivity contribution in [3.8, 4) is 5.75 Å². The second-order valence-electron chi connectivity index (χ2n) is 4.51. The highest BCUT2D eigenvalue weighted by Gasteiger charge is 2.05. The van der Waals surface area contributed by atoms with Crippen molar-refractivity contribution < 1.29 is 4.74 Å². The van der Waals surface area contributed by atoms with Crippen LogP contribution < -0.4 is 21.0 Å². The average molecular weight is 367 g/mol. The lowest BCUT2D eigenvalue weighted by molar-refractivity contribution is 0.414. The third-order valence-corrected chi connectivity index (χ3v) is 3.53. The summed E-state index contributed by atoms with van der Waals surface area (Å²) in [7, 11) is 4.61. The molecule has 1 aromatic heterocycles. The first-order valence-corrected chi connectivity index (χ1v) is 7.13. The minimum Gasteiger partial charge on any atom is -0.496 e. The van der Waals surface area contributed by atoms with Crippen molar-refractivity contribution in [1.29, 1.82) is 0 Å². The highest BCUT2D eigenvalue weighted by molar-refractivity contribution is 9.10. The molecule has 7 nitrogen and oxygen atoms in total. The summed E-state index contributed by atoms with van der Waals surface area (Å²) in [5, 5.41) is 5.62. The summed E-state index contributed by atoms with van der Waals surface area (Å²) in [6, 6.07) is 6.82. The molecule has 0 aliphatic heterocycles. The first-order chi connectivity index (χ1) is 10.4. The third-order valence-electron chi connectivity index (χ3n) is 3.04. The van der Waals surface area contributed by atoms with Gasteiger partial charge < -0.3 is 4.74 Å². The van der Waals surface area contributed by atoms with Gasteiger partial charge in [-0.15, -0.1) is 0 Å². The molecule has 0 saturated heterocycles. The molecule has 2 rings (SSSR count). The molecule has 0 spiro atoms. The van der Waals surface area contributed by atoms with Gasteiger partial charge in [0.1, 0.15) is 11.6 Å². The Bertz CT molecular complexity index is 794. The van der Waals surface area contributed by atoms with Gasteiger partial charge in [-0.2, -0.15) is 5.10 Å².